The Labute approximate surface area is 144 Å². The Kier molecular flexibility index (Phi) is 3.63. The number of hydrogen-bond donors (Lipinski definition) is 0. The summed E-state index contributed by atoms with van der Waals surface area (Å²) in [5, 5.41) is 5.00. The van der Waals surface area contributed by atoms with Gasteiger partial charge in [-0.3, -0.25) is 0 Å². The monoisotopic (exact) mass is 335 g/mol. The average Bonchev–Trinajstić information content (AvgIpc) is 3.09. The van der Waals surface area contributed by atoms with Crippen molar-refractivity contribution >= 4 is 28.9 Å². The minimum Gasteiger partial charge on any atom is -0.313 e. The number of para-hydroxylation sites is 1. The van der Waals surface area contributed by atoms with E-state index in [0.717, 1.165) is 16.9 Å². The van der Waals surface area contributed by atoms with Gasteiger partial charge in [0.25, 0.3) is 0 Å². The van der Waals surface area contributed by atoms with Gasteiger partial charge in [-0.25, -0.2) is 4.98 Å². The molecule has 0 amide bonds. The number of nitrogens with zero attached hydrogens (tertiary/aromatic N) is 5. The second-order valence-corrected chi connectivity index (χ2v) is 5.79. The molecule has 0 radical (unpaired) electrons. The highest BCUT2D eigenvalue weighted by atomic mass is 35.5. The highest BCUT2D eigenvalue weighted by Gasteiger charge is 2.14. The number of benzene rings is 2. The van der Waals surface area contributed by atoms with Gasteiger partial charge in [-0.2, -0.15) is 14.6 Å². The number of hydrogen-bond acceptors (Lipinski definition) is 4. The SMILES string of the molecule is CN(c1ccccc1)c1nc(-c2cccc(Cl)c2)nc2ccnn12. The third-order valence-corrected chi connectivity index (χ3v) is 4.00. The number of rotatable bonds is 3. The Morgan fingerprint density at radius 3 is 2.58 bits per heavy atom. The summed E-state index contributed by atoms with van der Waals surface area (Å²) >= 11 is 6.11. The molecule has 0 spiro atoms. The van der Waals surface area contributed by atoms with E-state index in [9.17, 15) is 0 Å². The molecule has 0 bridgehead atoms. The summed E-state index contributed by atoms with van der Waals surface area (Å²) in [5.41, 5.74) is 2.62. The molecule has 2 aromatic heterocycles. The first kappa shape index (κ1) is 14.7. The van der Waals surface area contributed by atoms with Gasteiger partial charge in [-0.15, -0.1) is 0 Å². The van der Waals surface area contributed by atoms with E-state index in [-0.39, 0.29) is 0 Å². The Morgan fingerprint density at radius 1 is 0.958 bits per heavy atom. The molecule has 0 saturated heterocycles. The van der Waals surface area contributed by atoms with Crippen LogP contribution in [0.1, 0.15) is 0 Å². The molecule has 0 saturated carbocycles. The van der Waals surface area contributed by atoms with E-state index in [1.54, 1.807) is 10.7 Å². The molecule has 6 heteroatoms. The van der Waals surface area contributed by atoms with Crippen molar-refractivity contribution in [3.63, 3.8) is 0 Å². The quantitative estimate of drug-likeness (QED) is 0.562. The zero-order valence-electron chi connectivity index (χ0n) is 13.0. The standard InChI is InChI=1S/C18H14ClN5/c1-23(15-8-3-2-4-9-15)18-22-17(13-6-5-7-14(19)12-13)21-16-10-11-20-24(16)18/h2-12H,1H3. The summed E-state index contributed by atoms with van der Waals surface area (Å²) in [6.45, 7) is 0. The van der Waals surface area contributed by atoms with Crippen molar-refractivity contribution in [2.24, 2.45) is 0 Å². The molecule has 0 N–H and O–H groups in total. The van der Waals surface area contributed by atoms with Crippen LogP contribution >= 0.6 is 11.6 Å². The minimum absolute atomic E-state index is 0.614. The molecule has 118 valence electrons. The molecular weight excluding hydrogens is 322 g/mol. The third-order valence-electron chi connectivity index (χ3n) is 3.76. The fraction of sp³-hybridized carbons (Fsp3) is 0.0556. The van der Waals surface area contributed by atoms with Gasteiger partial charge in [0.1, 0.15) is 0 Å². The summed E-state index contributed by atoms with van der Waals surface area (Å²) in [6.07, 6.45) is 1.72. The molecular formula is C18H14ClN5. The van der Waals surface area contributed by atoms with Crippen molar-refractivity contribution in [3.8, 4) is 11.4 Å². The minimum atomic E-state index is 0.614. The van der Waals surface area contributed by atoms with Gasteiger partial charge < -0.3 is 4.90 Å². The molecule has 24 heavy (non-hydrogen) atoms. The maximum atomic E-state index is 6.11. The molecule has 4 aromatic rings. The van der Waals surface area contributed by atoms with Crippen molar-refractivity contribution in [2.75, 3.05) is 11.9 Å². The summed E-state index contributed by atoms with van der Waals surface area (Å²) in [7, 11) is 1.96. The van der Waals surface area contributed by atoms with E-state index in [0.29, 0.717) is 16.8 Å². The van der Waals surface area contributed by atoms with Crippen LogP contribution in [0.2, 0.25) is 5.02 Å². The van der Waals surface area contributed by atoms with Crippen LogP contribution in [-0.4, -0.2) is 26.6 Å². The average molecular weight is 336 g/mol. The van der Waals surface area contributed by atoms with Gasteiger partial charge in [0, 0.05) is 29.4 Å². The predicted molar refractivity (Wildman–Crippen MR) is 95.7 cm³/mol. The fourth-order valence-corrected chi connectivity index (χ4v) is 2.74. The lowest BCUT2D eigenvalue weighted by Gasteiger charge is -2.19. The molecule has 0 aliphatic rings. The number of anilines is 2. The van der Waals surface area contributed by atoms with E-state index in [4.69, 9.17) is 16.6 Å². The van der Waals surface area contributed by atoms with E-state index >= 15 is 0 Å². The first-order valence-corrected chi connectivity index (χ1v) is 7.87. The second-order valence-electron chi connectivity index (χ2n) is 5.35. The first-order chi connectivity index (χ1) is 11.7. The van der Waals surface area contributed by atoms with Crippen molar-refractivity contribution < 1.29 is 0 Å². The van der Waals surface area contributed by atoms with Gasteiger partial charge in [0.15, 0.2) is 11.5 Å². The van der Waals surface area contributed by atoms with Crippen molar-refractivity contribution in [2.45, 2.75) is 0 Å². The molecule has 0 unspecified atom stereocenters. The molecule has 2 aromatic carbocycles. The Balaban J connectivity index is 1.90. The van der Waals surface area contributed by atoms with Crippen LogP contribution in [0.25, 0.3) is 17.0 Å². The number of fused-ring (bicyclic) bond motifs is 1. The first-order valence-electron chi connectivity index (χ1n) is 7.49. The summed E-state index contributed by atoms with van der Waals surface area (Å²) in [6, 6.07) is 19.4. The summed E-state index contributed by atoms with van der Waals surface area (Å²) < 4.78 is 1.72. The van der Waals surface area contributed by atoms with E-state index in [1.807, 2.05) is 72.6 Å². The third kappa shape index (κ3) is 2.59. The lowest BCUT2D eigenvalue weighted by Crippen LogP contribution is -2.17. The molecule has 0 aliphatic carbocycles. The van der Waals surface area contributed by atoms with Crippen LogP contribution in [0, 0.1) is 0 Å². The van der Waals surface area contributed by atoms with Crippen molar-refractivity contribution in [1.29, 1.82) is 0 Å². The van der Waals surface area contributed by atoms with Crippen LogP contribution in [0.4, 0.5) is 11.6 Å². The molecule has 0 atom stereocenters. The molecule has 5 nitrogen and oxygen atoms in total. The molecule has 4 rings (SSSR count). The lowest BCUT2D eigenvalue weighted by molar-refractivity contribution is 0.868. The smallest absolute Gasteiger partial charge is 0.234 e. The zero-order chi connectivity index (χ0) is 16.5. The number of aromatic nitrogens is 4. The maximum absolute atomic E-state index is 6.11. The van der Waals surface area contributed by atoms with Crippen LogP contribution < -0.4 is 4.90 Å². The van der Waals surface area contributed by atoms with Crippen molar-refractivity contribution in [1.82, 2.24) is 19.6 Å². The Bertz CT molecular complexity index is 997. The summed E-state index contributed by atoms with van der Waals surface area (Å²) in [4.78, 5) is 11.3. The lowest BCUT2D eigenvalue weighted by atomic mass is 10.2. The van der Waals surface area contributed by atoms with Gasteiger partial charge in [0.2, 0.25) is 5.95 Å². The van der Waals surface area contributed by atoms with Crippen LogP contribution in [0.5, 0.6) is 0 Å². The van der Waals surface area contributed by atoms with E-state index in [1.165, 1.54) is 0 Å². The zero-order valence-corrected chi connectivity index (χ0v) is 13.7. The normalized spacial score (nSPS) is 10.9. The Hall–Kier alpha value is -2.92. The van der Waals surface area contributed by atoms with Gasteiger partial charge in [0.05, 0.1) is 6.20 Å². The maximum Gasteiger partial charge on any atom is 0.234 e. The largest absolute Gasteiger partial charge is 0.313 e. The van der Waals surface area contributed by atoms with Gasteiger partial charge in [-0.1, -0.05) is 41.9 Å². The number of halogens is 1. The van der Waals surface area contributed by atoms with E-state index < -0.39 is 0 Å². The van der Waals surface area contributed by atoms with Crippen LogP contribution in [-0.2, 0) is 0 Å². The fourth-order valence-electron chi connectivity index (χ4n) is 2.55. The van der Waals surface area contributed by atoms with E-state index in [2.05, 4.69) is 10.1 Å². The van der Waals surface area contributed by atoms with Gasteiger partial charge in [-0.05, 0) is 24.3 Å². The second kappa shape index (κ2) is 5.94. The van der Waals surface area contributed by atoms with Gasteiger partial charge >= 0.3 is 0 Å². The molecule has 0 fully saturated rings. The molecule has 0 aliphatic heterocycles. The van der Waals surface area contributed by atoms with Crippen LogP contribution in [0.15, 0.2) is 66.9 Å². The Morgan fingerprint density at radius 2 is 1.79 bits per heavy atom. The summed E-state index contributed by atoms with van der Waals surface area (Å²) in [5.74, 6) is 1.30. The van der Waals surface area contributed by atoms with Crippen LogP contribution in [0.3, 0.4) is 0 Å². The highest BCUT2D eigenvalue weighted by molar-refractivity contribution is 6.30. The molecule has 2 heterocycles. The highest BCUT2D eigenvalue weighted by Crippen LogP contribution is 2.26. The topological polar surface area (TPSA) is 46.3 Å². The van der Waals surface area contributed by atoms with Crippen molar-refractivity contribution in [3.05, 3.63) is 71.9 Å². The predicted octanol–water partition coefficient (Wildman–Crippen LogP) is 4.21.